The highest BCUT2D eigenvalue weighted by molar-refractivity contribution is 5.88. The molecule has 0 bridgehead atoms. The predicted octanol–water partition coefficient (Wildman–Crippen LogP) is 2.02. The lowest BCUT2D eigenvalue weighted by Gasteiger charge is -2.04. The summed E-state index contributed by atoms with van der Waals surface area (Å²) >= 11 is 0. The molecule has 0 aliphatic rings. The fourth-order valence-corrected chi connectivity index (χ4v) is 1.46. The fraction of sp³-hybridized carbons (Fsp3) is 0.0909. The molecule has 5 heteroatoms. The second-order valence-electron chi connectivity index (χ2n) is 3.47. The summed E-state index contributed by atoms with van der Waals surface area (Å²) in [6.07, 6.45) is 2.27. The summed E-state index contributed by atoms with van der Waals surface area (Å²) in [4.78, 5) is 10.8. The predicted molar refractivity (Wildman–Crippen MR) is 55.2 cm³/mol. The minimum absolute atomic E-state index is 0.158. The van der Waals surface area contributed by atoms with Crippen LogP contribution in [0.4, 0.5) is 4.39 Å². The van der Waals surface area contributed by atoms with Gasteiger partial charge in [-0.25, -0.2) is 13.9 Å². The Kier molecular flexibility index (Phi) is 2.44. The van der Waals surface area contributed by atoms with E-state index >= 15 is 0 Å². The molecule has 1 aromatic heterocycles. The number of rotatable bonds is 2. The normalized spacial score (nSPS) is 10.4. The molecule has 82 valence electrons. The third-order valence-corrected chi connectivity index (χ3v) is 2.12. The number of aromatic nitrogens is 2. The van der Waals surface area contributed by atoms with E-state index < -0.39 is 11.8 Å². The van der Waals surface area contributed by atoms with Crippen molar-refractivity contribution >= 4 is 5.97 Å². The third-order valence-electron chi connectivity index (χ3n) is 2.12. The number of carbonyl (C=O) groups is 1. The number of carboxylic acid groups (broad SMARTS) is 1. The molecule has 0 fully saturated rings. The lowest BCUT2D eigenvalue weighted by molar-refractivity contribution is 0.0696. The SMILES string of the molecule is Cc1cc(C(=O)O)cc(-n2cc(F)cn2)c1. The molecule has 0 saturated heterocycles. The van der Waals surface area contributed by atoms with Crippen molar-refractivity contribution in [3.8, 4) is 5.69 Å². The number of aromatic carboxylic acids is 1. The summed E-state index contributed by atoms with van der Waals surface area (Å²) in [5.74, 6) is -1.48. The van der Waals surface area contributed by atoms with Crippen LogP contribution in [-0.2, 0) is 0 Å². The van der Waals surface area contributed by atoms with Crippen LogP contribution in [0.2, 0.25) is 0 Å². The van der Waals surface area contributed by atoms with Crippen LogP contribution in [0.5, 0.6) is 0 Å². The Hall–Kier alpha value is -2.17. The first-order chi connectivity index (χ1) is 7.56. The van der Waals surface area contributed by atoms with Gasteiger partial charge >= 0.3 is 5.97 Å². The zero-order valence-electron chi connectivity index (χ0n) is 8.51. The molecule has 0 unspecified atom stereocenters. The monoisotopic (exact) mass is 220 g/mol. The Morgan fingerprint density at radius 1 is 1.44 bits per heavy atom. The van der Waals surface area contributed by atoms with Crippen molar-refractivity contribution in [2.75, 3.05) is 0 Å². The summed E-state index contributed by atoms with van der Waals surface area (Å²) in [5, 5.41) is 12.7. The largest absolute Gasteiger partial charge is 0.478 e. The Balaban J connectivity index is 2.53. The van der Waals surface area contributed by atoms with Crippen molar-refractivity contribution in [2.45, 2.75) is 6.92 Å². The van der Waals surface area contributed by atoms with Crippen molar-refractivity contribution in [3.63, 3.8) is 0 Å². The zero-order valence-corrected chi connectivity index (χ0v) is 8.51. The molecule has 0 aliphatic heterocycles. The molecule has 0 spiro atoms. The first-order valence-corrected chi connectivity index (χ1v) is 4.62. The molecule has 1 aromatic carbocycles. The van der Waals surface area contributed by atoms with Crippen molar-refractivity contribution in [3.05, 3.63) is 47.5 Å². The van der Waals surface area contributed by atoms with Gasteiger partial charge in [-0.05, 0) is 30.7 Å². The van der Waals surface area contributed by atoms with E-state index in [0.717, 1.165) is 11.8 Å². The molecule has 0 atom stereocenters. The van der Waals surface area contributed by atoms with Crippen molar-refractivity contribution in [1.29, 1.82) is 0 Å². The third kappa shape index (κ3) is 1.93. The summed E-state index contributed by atoms with van der Waals surface area (Å²) in [7, 11) is 0. The minimum Gasteiger partial charge on any atom is -0.478 e. The van der Waals surface area contributed by atoms with Gasteiger partial charge in [-0.1, -0.05) is 0 Å². The summed E-state index contributed by atoms with van der Waals surface area (Å²) in [6.45, 7) is 1.77. The van der Waals surface area contributed by atoms with Gasteiger partial charge in [0.2, 0.25) is 0 Å². The van der Waals surface area contributed by atoms with E-state index in [4.69, 9.17) is 5.11 Å². The number of carboxylic acids is 1. The molecule has 1 heterocycles. The van der Waals surface area contributed by atoms with Crippen LogP contribution in [0.25, 0.3) is 5.69 Å². The Morgan fingerprint density at radius 2 is 2.19 bits per heavy atom. The minimum atomic E-state index is -1.02. The number of halogens is 1. The molecule has 1 N–H and O–H groups in total. The van der Waals surface area contributed by atoms with E-state index in [-0.39, 0.29) is 5.56 Å². The van der Waals surface area contributed by atoms with E-state index in [2.05, 4.69) is 5.10 Å². The molecule has 2 aromatic rings. The van der Waals surface area contributed by atoms with Gasteiger partial charge in [-0.15, -0.1) is 0 Å². The summed E-state index contributed by atoms with van der Waals surface area (Å²) < 4.78 is 14.1. The molecular formula is C11H9FN2O2. The van der Waals surface area contributed by atoms with Gasteiger partial charge in [-0.3, -0.25) is 0 Å². The van der Waals surface area contributed by atoms with E-state index in [1.54, 1.807) is 19.1 Å². The van der Waals surface area contributed by atoms with E-state index in [0.29, 0.717) is 5.69 Å². The molecule has 0 aliphatic carbocycles. The maximum atomic E-state index is 12.8. The van der Waals surface area contributed by atoms with Crippen LogP contribution in [0.15, 0.2) is 30.6 Å². The van der Waals surface area contributed by atoms with Gasteiger partial charge in [0.15, 0.2) is 5.82 Å². The Bertz CT molecular complexity index is 549. The summed E-state index contributed by atoms with van der Waals surface area (Å²) in [5.41, 5.74) is 1.47. The van der Waals surface area contributed by atoms with Gasteiger partial charge in [0.25, 0.3) is 0 Å². The van der Waals surface area contributed by atoms with Crippen LogP contribution in [0, 0.1) is 12.7 Å². The van der Waals surface area contributed by atoms with Crippen LogP contribution in [0.1, 0.15) is 15.9 Å². The van der Waals surface area contributed by atoms with Gasteiger partial charge in [0, 0.05) is 0 Å². The Morgan fingerprint density at radius 3 is 2.75 bits per heavy atom. The fourth-order valence-electron chi connectivity index (χ4n) is 1.46. The molecule has 4 nitrogen and oxygen atoms in total. The molecular weight excluding hydrogens is 211 g/mol. The lowest BCUT2D eigenvalue weighted by Crippen LogP contribution is -2.01. The van der Waals surface area contributed by atoms with Crippen LogP contribution >= 0.6 is 0 Å². The molecule has 16 heavy (non-hydrogen) atoms. The van der Waals surface area contributed by atoms with Crippen molar-refractivity contribution < 1.29 is 14.3 Å². The van der Waals surface area contributed by atoms with Crippen molar-refractivity contribution in [1.82, 2.24) is 9.78 Å². The zero-order chi connectivity index (χ0) is 11.7. The maximum Gasteiger partial charge on any atom is 0.335 e. The second kappa shape index (κ2) is 3.77. The van der Waals surface area contributed by atoms with Gasteiger partial charge in [0.05, 0.1) is 23.6 Å². The highest BCUT2D eigenvalue weighted by Gasteiger charge is 2.07. The number of benzene rings is 1. The van der Waals surface area contributed by atoms with E-state index in [9.17, 15) is 9.18 Å². The number of hydrogen-bond acceptors (Lipinski definition) is 2. The smallest absolute Gasteiger partial charge is 0.335 e. The molecule has 0 amide bonds. The first kappa shape index (κ1) is 10.4. The lowest BCUT2D eigenvalue weighted by atomic mass is 10.1. The Labute approximate surface area is 90.9 Å². The van der Waals surface area contributed by atoms with Gasteiger partial charge in [0.1, 0.15) is 0 Å². The first-order valence-electron chi connectivity index (χ1n) is 4.62. The van der Waals surface area contributed by atoms with Crippen LogP contribution in [-0.4, -0.2) is 20.9 Å². The van der Waals surface area contributed by atoms with Gasteiger partial charge in [-0.2, -0.15) is 5.10 Å². The second-order valence-corrected chi connectivity index (χ2v) is 3.47. The number of hydrogen-bond donors (Lipinski definition) is 1. The van der Waals surface area contributed by atoms with Crippen LogP contribution in [0.3, 0.4) is 0 Å². The number of nitrogens with zero attached hydrogens (tertiary/aromatic N) is 2. The van der Waals surface area contributed by atoms with Crippen LogP contribution < -0.4 is 0 Å². The van der Waals surface area contributed by atoms with Crippen molar-refractivity contribution in [2.24, 2.45) is 0 Å². The molecule has 0 radical (unpaired) electrons. The maximum absolute atomic E-state index is 12.8. The number of aryl methyl sites for hydroxylation is 1. The highest BCUT2D eigenvalue weighted by atomic mass is 19.1. The average Bonchev–Trinajstić information content (AvgIpc) is 2.64. The van der Waals surface area contributed by atoms with E-state index in [1.165, 1.54) is 16.9 Å². The summed E-state index contributed by atoms with van der Waals surface area (Å²) in [6, 6.07) is 4.73. The quantitative estimate of drug-likeness (QED) is 0.842. The van der Waals surface area contributed by atoms with Gasteiger partial charge < -0.3 is 5.11 Å². The average molecular weight is 220 g/mol. The van der Waals surface area contributed by atoms with E-state index in [1.807, 2.05) is 0 Å². The molecule has 0 saturated carbocycles. The highest BCUT2D eigenvalue weighted by Crippen LogP contribution is 2.14. The topological polar surface area (TPSA) is 55.1 Å². The molecule has 2 rings (SSSR count). The standard InChI is InChI=1S/C11H9FN2O2/c1-7-2-8(11(15)16)4-10(3-7)14-6-9(12)5-13-14/h2-6H,1H3,(H,15,16).